The zero-order chi connectivity index (χ0) is 18.4. The number of carbonyl (C=O) groups excluding carboxylic acids is 2. The number of carbonyl (C=O) groups is 2. The number of rotatable bonds is 3. The number of aromatic nitrogens is 1. The van der Waals surface area contributed by atoms with Crippen LogP contribution >= 0.6 is 11.3 Å². The summed E-state index contributed by atoms with van der Waals surface area (Å²) >= 11 is 0.655. The fourth-order valence-electron chi connectivity index (χ4n) is 2.52. The molecule has 1 aromatic carbocycles. The number of nitrogens with one attached hydrogen (secondary N) is 1. The summed E-state index contributed by atoms with van der Waals surface area (Å²) in [7, 11) is 1.41. The number of likely N-dealkylation sites (N-methyl/N-ethyl adjacent to an activating group) is 1. The van der Waals surface area contributed by atoms with Gasteiger partial charge in [-0.2, -0.15) is 13.2 Å². The minimum atomic E-state index is -4.52. The van der Waals surface area contributed by atoms with Gasteiger partial charge in [0.2, 0.25) is 0 Å². The molecule has 0 bridgehead atoms. The van der Waals surface area contributed by atoms with Crippen LogP contribution in [0, 0.1) is 0 Å². The summed E-state index contributed by atoms with van der Waals surface area (Å²) in [6.45, 7) is -1.40. The van der Waals surface area contributed by atoms with E-state index in [4.69, 9.17) is 4.74 Å². The number of hydrogen-bond donors (Lipinski definition) is 1. The maximum atomic E-state index is 12.6. The molecule has 3 rings (SSSR count). The molecule has 0 unspecified atom stereocenters. The number of amides is 2. The van der Waals surface area contributed by atoms with Crippen LogP contribution in [0.2, 0.25) is 0 Å². The second-order valence-electron chi connectivity index (χ2n) is 5.32. The normalized spacial score (nSPS) is 17.8. The highest BCUT2D eigenvalue weighted by Gasteiger charge is 2.37. The Morgan fingerprint density at radius 2 is 2.12 bits per heavy atom. The van der Waals surface area contributed by atoms with Crippen molar-refractivity contribution in [2.45, 2.75) is 18.8 Å². The molecule has 1 atom stereocenters. The molecule has 2 amide bonds. The lowest BCUT2D eigenvalue weighted by Crippen LogP contribution is -2.35. The highest BCUT2D eigenvalue weighted by atomic mass is 32.1. The number of fused-ring (bicyclic) bond motifs is 1. The highest BCUT2D eigenvalue weighted by Crippen LogP contribution is 2.29. The first kappa shape index (κ1) is 17.3. The highest BCUT2D eigenvalue weighted by molar-refractivity contribution is 7.16. The van der Waals surface area contributed by atoms with E-state index < -0.39 is 35.7 Å². The van der Waals surface area contributed by atoms with E-state index in [-0.39, 0.29) is 12.1 Å². The van der Waals surface area contributed by atoms with Crippen molar-refractivity contribution < 1.29 is 27.5 Å². The molecule has 2 heterocycles. The molecule has 0 aliphatic carbocycles. The Kier molecular flexibility index (Phi) is 4.19. The minimum Gasteiger partial charge on any atom is -0.434 e. The number of anilines is 1. The Hall–Kier alpha value is -2.56. The van der Waals surface area contributed by atoms with Crippen molar-refractivity contribution >= 4 is 39.2 Å². The first-order chi connectivity index (χ1) is 11.7. The van der Waals surface area contributed by atoms with Crippen molar-refractivity contribution in [2.75, 3.05) is 18.5 Å². The van der Waals surface area contributed by atoms with Gasteiger partial charge < -0.3 is 10.1 Å². The molecule has 1 saturated heterocycles. The van der Waals surface area contributed by atoms with Crippen molar-refractivity contribution in [3.05, 3.63) is 27.9 Å². The molecule has 1 aliphatic rings. The number of alkyl halides is 3. The van der Waals surface area contributed by atoms with Crippen LogP contribution in [0.25, 0.3) is 10.2 Å². The number of cyclic esters (lactones) is 1. The van der Waals surface area contributed by atoms with E-state index in [0.29, 0.717) is 26.3 Å². The van der Waals surface area contributed by atoms with E-state index in [1.165, 1.54) is 30.1 Å². The Morgan fingerprint density at radius 3 is 2.76 bits per heavy atom. The van der Waals surface area contributed by atoms with Crippen molar-refractivity contribution in [1.29, 1.82) is 0 Å². The maximum Gasteiger partial charge on any atom is 0.415 e. The van der Waals surface area contributed by atoms with Gasteiger partial charge in [-0.25, -0.2) is 4.79 Å². The number of thiazole rings is 1. The van der Waals surface area contributed by atoms with Gasteiger partial charge in [0.25, 0.3) is 5.91 Å². The van der Waals surface area contributed by atoms with E-state index in [1.807, 2.05) is 0 Å². The van der Waals surface area contributed by atoms with Crippen molar-refractivity contribution in [3.63, 3.8) is 0 Å². The van der Waals surface area contributed by atoms with Crippen LogP contribution in [0.4, 0.5) is 23.7 Å². The second-order valence-corrected chi connectivity index (χ2v) is 6.31. The average molecular weight is 375 g/mol. The van der Waals surface area contributed by atoms with Gasteiger partial charge in [0, 0.05) is 12.7 Å². The Balaban J connectivity index is 1.94. The lowest BCUT2D eigenvalue weighted by atomic mass is 10.2. The molecular weight excluding hydrogens is 363 g/mol. The maximum absolute atomic E-state index is 12.6. The summed E-state index contributed by atoms with van der Waals surface area (Å²) < 4.78 is 43.7. The van der Waals surface area contributed by atoms with Crippen molar-refractivity contribution in [2.24, 2.45) is 0 Å². The predicted molar refractivity (Wildman–Crippen MR) is 83.8 cm³/mol. The molecule has 1 aromatic heterocycles. The van der Waals surface area contributed by atoms with Gasteiger partial charge in [-0.3, -0.25) is 19.1 Å². The summed E-state index contributed by atoms with van der Waals surface area (Å²) in [5.74, 6) is -0.460. The van der Waals surface area contributed by atoms with Crippen molar-refractivity contribution in [1.82, 2.24) is 9.88 Å². The van der Waals surface area contributed by atoms with Crippen LogP contribution in [-0.4, -0.2) is 42.4 Å². The third-order valence-corrected chi connectivity index (χ3v) is 4.59. The van der Waals surface area contributed by atoms with Crippen LogP contribution in [0.5, 0.6) is 0 Å². The van der Waals surface area contributed by atoms with Gasteiger partial charge in [-0.15, -0.1) is 0 Å². The number of hydrogen-bond acceptors (Lipinski definition) is 5. The van der Waals surface area contributed by atoms with E-state index in [0.717, 1.165) is 0 Å². The molecule has 1 aliphatic heterocycles. The zero-order valence-corrected chi connectivity index (χ0v) is 13.6. The summed E-state index contributed by atoms with van der Waals surface area (Å²) in [4.78, 5) is 35.7. The fraction of sp³-hybridized carbons (Fsp3) is 0.357. The lowest BCUT2D eigenvalue weighted by molar-refractivity contribution is -0.140. The first-order valence-electron chi connectivity index (χ1n) is 7.09. The van der Waals surface area contributed by atoms with Crippen LogP contribution in [-0.2, 0) is 16.1 Å². The van der Waals surface area contributed by atoms with Gasteiger partial charge in [-0.1, -0.05) is 11.3 Å². The van der Waals surface area contributed by atoms with Gasteiger partial charge in [0.05, 0.1) is 16.8 Å². The quantitative estimate of drug-likeness (QED) is 0.886. The molecule has 2 aromatic rings. The van der Waals surface area contributed by atoms with Gasteiger partial charge >= 0.3 is 17.1 Å². The smallest absolute Gasteiger partial charge is 0.415 e. The Bertz CT molecular complexity index is 905. The molecule has 134 valence electrons. The molecule has 25 heavy (non-hydrogen) atoms. The average Bonchev–Trinajstić information content (AvgIpc) is 3.05. The fourth-order valence-corrected chi connectivity index (χ4v) is 3.45. The monoisotopic (exact) mass is 375 g/mol. The number of ether oxygens (including phenoxy) is 1. The number of halogens is 3. The molecule has 7 nitrogen and oxygen atoms in total. The summed E-state index contributed by atoms with van der Waals surface area (Å²) in [5, 5.41) is 2.37. The Morgan fingerprint density at radius 1 is 1.40 bits per heavy atom. The molecule has 1 N–H and O–H groups in total. The standard InChI is InChI=1S/C14H12F3N3O4S/c1-18-11(21)9-5-19(12(22)24-9)7-2-3-8-10(4-7)25-13(23)20(8)6-14(15,16)17/h2-4,9H,5-6H2,1H3,(H,18,21)/t9-/m1/s1. The van der Waals surface area contributed by atoms with Crippen LogP contribution in [0.15, 0.2) is 23.0 Å². The molecule has 11 heteroatoms. The molecular formula is C14H12F3N3O4S. The summed E-state index contributed by atoms with van der Waals surface area (Å²) in [6.07, 6.45) is -6.23. The first-order valence-corrected chi connectivity index (χ1v) is 7.91. The summed E-state index contributed by atoms with van der Waals surface area (Å²) in [5.41, 5.74) is 0.468. The van der Waals surface area contributed by atoms with Crippen LogP contribution in [0.3, 0.4) is 0 Å². The third-order valence-electron chi connectivity index (χ3n) is 3.65. The topological polar surface area (TPSA) is 80.6 Å². The van der Waals surface area contributed by atoms with Crippen molar-refractivity contribution in [3.8, 4) is 0 Å². The van der Waals surface area contributed by atoms with E-state index in [1.54, 1.807) is 0 Å². The largest absolute Gasteiger partial charge is 0.434 e. The van der Waals surface area contributed by atoms with E-state index in [9.17, 15) is 27.6 Å². The Labute approximate surface area is 142 Å². The molecule has 0 radical (unpaired) electrons. The third kappa shape index (κ3) is 3.31. The van der Waals surface area contributed by atoms with Gasteiger partial charge in [0.1, 0.15) is 6.54 Å². The van der Waals surface area contributed by atoms with Crippen LogP contribution < -0.4 is 15.1 Å². The molecule has 0 saturated carbocycles. The van der Waals surface area contributed by atoms with Crippen LogP contribution in [0.1, 0.15) is 0 Å². The molecule has 1 fully saturated rings. The summed E-state index contributed by atoms with van der Waals surface area (Å²) in [6, 6.07) is 4.19. The lowest BCUT2D eigenvalue weighted by Gasteiger charge is -2.13. The second kappa shape index (κ2) is 6.06. The molecule has 0 spiro atoms. The van der Waals surface area contributed by atoms with Gasteiger partial charge in [-0.05, 0) is 18.2 Å². The number of nitrogens with zero attached hydrogens (tertiary/aromatic N) is 2. The minimum absolute atomic E-state index is 0.0256. The van der Waals surface area contributed by atoms with E-state index >= 15 is 0 Å². The van der Waals surface area contributed by atoms with Gasteiger partial charge in [0.15, 0.2) is 6.10 Å². The predicted octanol–water partition coefficient (Wildman–Crippen LogP) is 1.70. The van der Waals surface area contributed by atoms with E-state index in [2.05, 4.69) is 5.32 Å². The SMILES string of the molecule is CNC(=O)[C@H]1CN(c2ccc3c(c2)sc(=O)n3CC(F)(F)F)C(=O)O1. The zero-order valence-electron chi connectivity index (χ0n) is 12.8. The number of benzene rings is 1.